The van der Waals surface area contributed by atoms with E-state index in [1.165, 1.54) is 33.0 Å². The molecular weight excluding hydrogens is 765 g/mol. The number of hydrogen-bond acceptors (Lipinski definition) is 3. The van der Waals surface area contributed by atoms with E-state index in [1.54, 1.807) is 0 Å². The fourth-order valence-electron chi connectivity index (χ4n) is 9.04. The van der Waals surface area contributed by atoms with Crippen LogP contribution in [0, 0.1) is 0 Å². The number of hydrogen-bond donors (Lipinski definition) is 0. The van der Waals surface area contributed by atoms with E-state index in [1.807, 2.05) is 12.1 Å². The Labute approximate surface area is 365 Å². The lowest BCUT2D eigenvalue weighted by atomic mass is 9.95. The summed E-state index contributed by atoms with van der Waals surface area (Å²) < 4.78 is 6.63. The predicted molar refractivity (Wildman–Crippen MR) is 262 cm³/mol. The zero-order valence-electron chi connectivity index (χ0n) is 34.2. The van der Waals surface area contributed by atoms with Crippen LogP contribution in [-0.4, -0.2) is 9.97 Å². The highest BCUT2D eigenvalue weighted by atomic mass is 16.3. The van der Waals surface area contributed by atoms with Crippen molar-refractivity contribution >= 4 is 43.6 Å². The van der Waals surface area contributed by atoms with Crippen molar-refractivity contribution in [1.82, 2.24) is 9.97 Å². The fourth-order valence-corrected chi connectivity index (χ4v) is 9.04. The Morgan fingerprint density at radius 3 is 1.44 bits per heavy atom. The van der Waals surface area contributed by atoms with Crippen LogP contribution in [0.25, 0.3) is 122 Å². The Morgan fingerprint density at radius 1 is 0.302 bits per heavy atom. The summed E-state index contributed by atoms with van der Waals surface area (Å²) in [7, 11) is 0. The van der Waals surface area contributed by atoms with Crippen molar-refractivity contribution in [3.8, 4) is 78.3 Å². The second-order valence-electron chi connectivity index (χ2n) is 16.1. The Bertz CT molecular complexity index is 3530. The number of rotatable bonds is 7. The van der Waals surface area contributed by atoms with Crippen LogP contribution in [0.4, 0.5) is 0 Å². The minimum absolute atomic E-state index is 0.803. The molecule has 3 aromatic heterocycles. The summed E-state index contributed by atoms with van der Waals surface area (Å²) in [5, 5.41) is 5.59. The first kappa shape index (κ1) is 36.5. The standard InChI is InChI=1S/C60H38N2O/c1-3-12-39(13-4-1)42-22-24-44(25-23-42)50-37-54(46-31-26-43(27-32-46)40-14-5-2-6-15-40)61-55(38-50)47-33-29-45(30-34-47)51-19-11-20-53-57-52-18-9-10-21-56(52)63-60(57)58(62-59(51)53)49-35-28-41-16-7-8-17-48(41)36-49/h1-38H. The van der Waals surface area contributed by atoms with Gasteiger partial charge in [0.1, 0.15) is 11.3 Å². The fraction of sp³-hybridized carbons (Fsp3) is 0. The molecule has 0 amide bonds. The van der Waals surface area contributed by atoms with Crippen molar-refractivity contribution in [3.63, 3.8) is 0 Å². The molecule has 0 bridgehead atoms. The lowest BCUT2D eigenvalue weighted by Gasteiger charge is -2.13. The number of nitrogens with zero attached hydrogens (tertiary/aromatic N) is 2. The van der Waals surface area contributed by atoms with Gasteiger partial charge in [-0.25, -0.2) is 9.97 Å². The van der Waals surface area contributed by atoms with Gasteiger partial charge in [0.15, 0.2) is 5.58 Å². The molecule has 0 N–H and O–H groups in total. The molecule has 0 saturated carbocycles. The van der Waals surface area contributed by atoms with E-state index in [0.29, 0.717) is 0 Å². The molecule has 0 spiro atoms. The van der Waals surface area contributed by atoms with Gasteiger partial charge in [-0.2, -0.15) is 0 Å². The molecule has 0 aliphatic heterocycles. The number of fused-ring (bicyclic) bond motifs is 6. The van der Waals surface area contributed by atoms with Gasteiger partial charge < -0.3 is 4.42 Å². The highest BCUT2D eigenvalue weighted by molar-refractivity contribution is 6.22. The van der Waals surface area contributed by atoms with Gasteiger partial charge in [0.25, 0.3) is 0 Å². The zero-order chi connectivity index (χ0) is 41.7. The van der Waals surface area contributed by atoms with Crippen LogP contribution >= 0.6 is 0 Å². The second kappa shape index (κ2) is 15.3. The van der Waals surface area contributed by atoms with Crippen LogP contribution in [0.1, 0.15) is 0 Å². The molecule has 294 valence electrons. The van der Waals surface area contributed by atoms with E-state index >= 15 is 0 Å². The van der Waals surface area contributed by atoms with Crippen molar-refractivity contribution in [2.75, 3.05) is 0 Å². The van der Waals surface area contributed by atoms with Crippen LogP contribution in [0.2, 0.25) is 0 Å². The van der Waals surface area contributed by atoms with E-state index in [-0.39, 0.29) is 0 Å². The summed E-state index contributed by atoms with van der Waals surface area (Å²) >= 11 is 0. The number of aromatic nitrogens is 2. The molecule has 0 aliphatic rings. The number of benzene rings is 9. The molecular formula is C60H38N2O. The normalized spacial score (nSPS) is 11.5. The number of pyridine rings is 2. The topological polar surface area (TPSA) is 38.9 Å². The summed E-state index contributed by atoms with van der Waals surface area (Å²) in [4.78, 5) is 10.8. The van der Waals surface area contributed by atoms with Gasteiger partial charge in [0.2, 0.25) is 0 Å². The molecule has 9 aromatic carbocycles. The molecule has 3 heteroatoms. The average Bonchev–Trinajstić information content (AvgIpc) is 3.76. The van der Waals surface area contributed by atoms with E-state index in [4.69, 9.17) is 14.4 Å². The van der Waals surface area contributed by atoms with Crippen LogP contribution < -0.4 is 0 Å². The van der Waals surface area contributed by atoms with Crippen molar-refractivity contribution in [3.05, 3.63) is 231 Å². The maximum atomic E-state index is 6.63. The average molecular weight is 803 g/mol. The summed E-state index contributed by atoms with van der Waals surface area (Å²) in [6.07, 6.45) is 0. The molecule has 12 aromatic rings. The van der Waals surface area contributed by atoms with Gasteiger partial charge in [-0.1, -0.05) is 206 Å². The first-order chi connectivity index (χ1) is 31.2. The SMILES string of the molecule is c1ccc(-c2ccc(-c3cc(-c4ccc(-c5ccccc5)cc4)nc(-c4ccc(-c5cccc6c5nc(-c5ccc7ccccc7c5)c5oc7ccccc7c56)cc4)c3)cc2)cc1. The maximum absolute atomic E-state index is 6.63. The highest BCUT2D eigenvalue weighted by Crippen LogP contribution is 2.42. The molecule has 3 heterocycles. The third kappa shape index (κ3) is 6.64. The summed E-state index contributed by atoms with van der Waals surface area (Å²) in [6.45, 7) is 0. The van der Waals surface area contributed by atoms with Crippen LogP contribution in [0.5, 0.6) is 0 Å². The van der Waals surface area contributed by atoms with E-state index in [9.17, 15) is 0 Å². The van der Waals surface area contributed by atoms with Crippen molar-refractivity contribution in [2.24, 2.45) is 0 Å². The molecule has 63 heavy (non-hydrogen) atoms. The molecule has 3 nitrogen and oxygen atoms in total. The van der Waals surface area contributed by atoms with Gasteiger partial charge in [0, 0.05) is 38.4 Å². The molecule has 0 atom stereocenters. The Hall–Kier alpha value is -8.40. The minimum atomic E-state index is 0.803. The van der Waals surface area contributed by atoms with Gasteiger partial charge >= 0.3 is 0 Å². The summed E-state index contributed by atoms with van der Waals surface area (Å²) in [5.41, 5.74) is 17.6. The largest absolute Gasteiger partial charge is 0.454 e. The molecule has 0 unspecified atom stereocenters. The quantitative estimate of drug-likeness (QED) is 0.161. The third-order valence-corrected chi connectivity index (χ3v) is 12.3. The number of para-hydroxylation sites is 2. The molecule has 0 fully saturated rings. The Kier molecular flexibility index (Phi) is 8.83. The van der Waals surface area contributed by atoms with Gasteiger partial charge in [-0.05, 0) is 74.0 Å². The summed E-state index contributed by atoms with van der Waals surface area (Å²) in [6, 6.07) is 81.6. The van der Waals surface area contributed by atoms with Crippen LogP contribution in [-0.2, 0) is 0 Å². The zero-order valence-corrected chi connectivity index (χ0v) is 34.2. The second-order valence-corrected chi connectivity index (χ2v) is 16.1. The Balaban J connectivity index is 0.973. The first-order valence-electron chi connectivity index (χ1n) is 21.4. The minimum Gasteiger partial charge on any atom is -0.454 e. The predicted octanol–water partition coefficient (Wildman–Crippen LogP) is 16.4. The molecule has 12 rings (SSSR count). The van der Waals surface area contributed by atoms with E-state index < -0.39 is 0 Å². The lowest BCUT2D eigenvalue weighted by Crippen LogP contribution is -1.93. The third-order valence-electron chi connectivity index (χ3n) is 12.3. The smallest absolute Gasteiger partial charge is 0.162 e. The van der Waals surface area contributed by atoms with Crippen molar-refractivity contribution < 1.29 is 4.42 Å². The van der Waals surface area contributed by atoms with Gasteiger partial charge in [-0.15, -0.1) is 0 Å². The van der Waals surface area contributed by atoms with Gasteiger partial charge in [0.05, 0.1) is 16.9 Å². The van der Waals surface area contributed by atoms with Gasteiger partial charge in [-0.3, -0.25) is 0 Å². The first-order valence-corrected chi connectivity index (χ1v) is 21.4. The van der Waals surface area contributed by atoms with Crippen LogP contribution in [0.3, 0.4) is 0 Å². The molecule has 0 aliphatic carbocycles. The molecule has 0 saturated heterocycles. The number of furan rings is 1. The molecule has 0 radical (unpaired) electrons. The van der Waals surface area contributed by atoms with Crippen LogP contribution in [0.15, 0.2) is 235 Å². The van der Waals surface area contributed by atoms with Crippen molar-refractivity contribution in [2.45, 2.75) is 0 Å². The Morgan fingerprint density at radius 2 is 0.794 bits per heavy atom. The van der Waals surface area contributed by atoms with Crippen molar-refractivity contribution in [1.29, 1.82) is 0 Å². The van der Waals surface area contributed by atoms with E-state index in [0.717, 1.165) is 88.9 Å². The monoisotopic (exact) mass is 802 g/mol. The maximum Gasteiger partial charge on any atom is 0.162 e. The van der Waals surface area contributed by atoms with E-state index in [2.05, 4.69) is 218 Å². The summed E-state index contributed by atoms with van der Waals surface area (Å²) in [5.74, 6) is 0. The lowest BCUT2D eigenvalue weighted by molar-refractivity contribution is 0.669. The highest BCUT2D eigenvalue weighted by Gasteiger charge is 2.20.